The van der Waals surface area contributed by atoms with Gasteiger partial charge in [-0.1, -0.05) is 28.4 Å². The van der Waals surface area contributed by atoms with Crippen molar-refractivity contribution in [3.8, 4) is 0 Å². The molecule has 0 aliphatic carbocycles. The van der Waals surface area contributed by atoms with Crippen LogP contribution in [0.5, 0.6) is 0 Å². The quantitative estimate of drug-likeness (QED) is 0.339. The van der Waals surface area contributed by atoms with Gasteiger partial charge in [0.05, 0.1) is 16.8 Å². The van der Waals surface area contributed by atoms with E-state index in [1.54, 1.807) is 18.2 Å². The lowest BCUT2D eigenvalue weighted by Crippen LogP contribution is -2.45. The van der Waals surface area contributed by atoms with Gasteiger partial charge in [0.1, 0.15) is 0 Å². The summed E-state index contributed by atoms with van der Waals surface area (Å²) in [7, 11) is 0. The van der Waals surface area contributed by atoms with E-state index in [-0.39, 0.29) is 11.9 Å². The van der Waals surface area contributed by atoms with Crippen molar-refractivity contribution < 1.29 is 10.0 Å². The number of rotatable bonds is 2. The number of oxime groups is 1. The van der Waals surface area contributed by atoms with Gasteiger partial charge >= 0.3 is 6.03 Å². The van der Waals surface area contributed by atoms with Crippen LogP contribution in [0.15, 0.2) is 23.4 Å². The Labute approximate surface area is 126 Å². The van der Waals surface area contributed by atoms with E-state index in [0.717, 1.165) is 6.42 Å². The highest BCUT2D eigenvalue weighted by molar-refractivity contribution is 6.35. The number of amides is 2. The zero-order valence-corrected chi connectivity index (χ0v) is 12.0. The Morgan fingerprint density at radius 2 is 2.25 bits per heavy atom. The SMILES string of the molecule is NC(=NO)C1CCCN1C(=O)Nc1cc(Cl)ccc1Cl. The number of anilines is 1. The number of nitrogens with zero attached hydrogens (tertiary/aromatic N) is 2. The summed E-state index contributed by atoms with van der Waals surface area (Å²) in [4.78, 5) is 13.7. The van der Waals surface area contributed by atoms with Crippen LogP contribution in [0, 0.1) is 0 Å². The molecule has 0 bridgehead atoms. The second kappa shape index (κ2) is 6.19. The lowest BCUT2D eigenvalue weighted by atomic mass is 10.2. The molecule has 1 fully saturated rings. The number of nitrogens with one attached hydrogen (secondary N) is 1. The van der Waals surface area contributed by atoms with E-state index in [9.17, 15) is 4.79 Å². The van der Waals surface area contributed by atoms with Gasteiger partial charge in [0.25, 0.3) is 0 Å². The van der Waals surface area contributed by atoms with Crippen molar-refractivity contribution in [2.75, 3.05) is 11.9 Å². The third-order valence-corrected chi connectivity index (χ3v) is 3.71. The number of urea groups is 1. The summed E-state index contributed by atoms with van der Waals surface area (Å²) in [5.74, 6) is 0.0230. The summed E-state index contributed by atoms with van der Waals surface area (Å²) in [6.07, 6.45) is 1.45. The number of carbonyl (C=O) groups is 1. The third kappa shape index (κ3) is 3.08. The zero-order valence-electron chi connectivity index (χ0n) is 10.5. The summed E-state index contributed by atoms with van der Waals surface area (Å²) in [6, 6.07) is 4.04. The third-order valence-electron chi connectivity index (χ3n) is 3.14. The van der Waals surface area contributed by atoms with Crippen molar-refractivity contribution in [1.82, 2.24) is 4.90 Å². The molecule has 4 N–H and O–H groups in total. The predicted octanol–water partition coefficient (Wildman–Crippen LogP) is 2.74. The first-order chi connectivity index (χ1) is 9.52. The summed E-state index contributed by atoms with van der Waals surface area (Å²) < 4.78 is 0. The normalized spacial score (nSPS) is 19.2. The highest BCUT2D eigenvalue weighted by Crippen LogP contribution is 2.27. The molecule has 0 saturated carbocycles. The second-order valence-electron chi connectivity index (χ2n) is 4.43. The molecule has 1 aromatic rings. The molecule has 1 aliphatic heterocycles. The number of nitrogens with two attached hydrogens (primary N) is 1. The average molecular weight is 317 g/mol. The molecule has 2 amide bonds. The first kappa shape index (κ1) is 14.7. The van der Waals surface area contributed by atoms with E-state index < -0.39 is 6.04 Å². The molecule has 1 aliphatic rings. The smallest absolute Gasteiger partial charge is 0.322 e. The maximum atomic E-state index is 12.2. The molecule has 2 rings (SSSR count). The largest absolute Gasteiger partial charge is 0.409 e. The molecule has 0 radical (unpaired) electrons. The molecule has 0 aromatic heterocycles. The van der Waals surface area contributed by atoms with Crippen LogP contribution in [-0.4, -0.2) is 34.6 Å². The number of likely N-dealkylation sites (tertiary alicyclic amines) is 1. The van der Waals surface area contributed by atoms with Gasteiger partial charge in [0.2, 0.25) is 0 Å². The summed E-state index contributed by atoms with van der Waals surface area (Å²) in [5.41, 5.74) is 6.01. The van der Waals surface area contributed by atoms with Crippen molar-refractivity contribution in [3.63, 3.8) is 0 Å². The first-order valence-corrected chi connectivity index (χ1v) is 6.78. The molecule has 20 heavy (non-hydrogen) atoms. The molecular formula is C12H14Cl2N4O2. The van der Waals surface area contributed by atoms with Crippen LogP contribution in [0.4, 0.5) is 10.5 Å². The monoisotopic (exact) mass is 316 g/mol. The highest BCUT2D eigenvalue weighted by atomic mass is 35.5. The van der Waals surface area contributed by atoms with E-state index in [2.05, 4.69) is 10.5 Å². The van der Waals surface area contributed by atoms with Gasteiger partial charge in [0, 0.05) is 11.6 Å². The second-order valence-corrected chi connectivity index (χ2v) is 5.27. The Hall–Kier alpha value is -1.66. The van der Waals surface area contributed by atoms with Crippen molar-refractivity contribution in [2.45, 2.75) is 18.9 Å². The number of halogens is 2. The topological polar surface area (TPSA) is 91.0 Å². The fourth-order valence-corrected chi connectivity index (χ4v) is 2.50. The standard InChI is InChI=1S/C12H14Cl2N4O2/c13-7-3-4-8(14)9(6-7)16-12(19)18-5-1-2-10(18)11(15)17-20/h3-4,6,10,20H,1-2,5H2,(H2,15,17)(H,16,19). The van der Waals surface area contributed by atoms with Crippen LogP contribution in [0.25, 0.3) is 0 Å². The fourth-order valence-electron chi connectivity index (χ4n) is 2.16. The Kier molecular flexibility index (Phi) is 4.57. The molecular weight excluding hydrogens is 303 g/mol. The first-order valence-electron chi connectivity index (χ1n) is 6.03. The maximum absolute atomic E-state index is 12.2. The molecule has 6 nitrogen and oxygen atoms in total. The molecule has 1 unspecified atom stereocenters. The van der Waals surface area contributed by atoms with Gasteiger partial charge in [-0.3, -0.25) is 0 Å². The number of amidine groups is 1. The molecule has 0 spiro atoms. The molecule has 1 aromatic carbocycles. The molecule has 1 atom stereocenters. The van der Waals surface area contributed by atoms with E-state index in [1.807, 2.05) is 0 Å². The zero-order chi connectivity index (χ0) is 14.7. The fraction of sp³-hybridized carbons (Fsp3) is 0.333. The van der Waals surface area contributed by atoms with Gasteiger partial charge in [0.15, 0.2) is 5.84 Å². The van der Waals surface area contributed by atoms with Crippen molar-refractivity contribution in [1.29, 1.82) is 0 Å². The highest BCUT2D eigenvalue weighted by Gasteiger charge is 2.32. The molecule has 8 heteroatoms. The number of carbonyl (C=O) groups excluding carboxylic acids is 1. The van der Waals surface area contributed by atoms with Crippen LogP contribution < -0.4 is 11.1 Å². The van der Waals surface area contributed by atoms with Gasteiger partial charge < -0.3 is 21.2 Å². The number of hydrogen-bond acceptors (Lipinski definition) is 3. The molecule has 108 valence electrons. The summed E-state index contributed by atoms with van der Waals surface area (Å²) in [6.45, 7) is 0.533. The van der Waals surface area contributed by atoms with Crippen molar-refractivity contribution >= 4 is 40.8 Å². The van der Waals surface area contributed by atoms with Crippen LogP contribution in [0.1, 0.15) is 12.8 Å². The van der Waals surface area contributed by atoms with Crippen molar-refractivity contribution in [3.05, 3.63) is 28.2 Å². The predicted molar refractivity (Wildman–Crippen MR) is 78.6 cm³/mol. The van der Waals surface area contributed by atoms with E-state index in [1.165, 1.54) is 4.90 Å². The lowest BCUT2D eigenvalue weighted by Gasteiger charge is -2.24. The Morgan fingerprint density at radius 1 is 1.50 bits per heavy atom. The number of hydrogen-bond donors (Lipinski definition) is 3. The van der Waals surface area contributed by atoms with E-state index in [0.29, 0.717) is 28.7 Å². The van der Waals surface area contributed by atoms with E-state index in [4.69, 9.17) is 34.1 Å². The minimum absolute atomic E-state index is 0.0230. The summed E-state index contributed by atoms with van der Waals surface area (Å²) >= 11 is 11.9. The minimum atomic E-state index is -0.405. The van der Waals surface area contributed by atoms with Gasteiger partial charge in [-0.2, -0.15) is 0 Å². The van der Waals surface area contributed by atoms with Gasteiger partial charge in [-0.15, -0.1) is 0 Å². The minimum Gasteiger partial charge on any atom is -0.409 e. The lowest BCUT2D eigenvalue weighted by molar-refractivity contribution is 0.215. The average Bonchev–Trinajstić information content (AvgIpc) is 2.91. The Morgan fingerprint density at radius 3 is 2.95 bits per heavy atom. The molecule has 1 saturated heterocycles. The van der Waals surface area contributed by atoms with Crippen LogP contribution in [0.3, 0.4) is 0 Å². The summed E-state index contributed by atoms with van der Waals surface area (Å²) in [5, 5.41) is 15.2. The van der Waals surface area contributed by atoms with E-state index >= 15 is 0 Å². The maximum Gasteiger partial charge on any atom is 0.322 e. The van der Waals surface area contributed by atoms with Crippen LogP contribution in [0.2, 0.25) is 10.0 Å². The molecule has 1 heterocycles. The Bertz CT molecular complexity index is 550. The van der Waals surface area contributed by atoms with Crippen LogP contribution >= 0.6 is 23.2 Å². The van der Waals surface area contributed by atoms with Gasteiger partial charge in [-0.05, 0) is 31.0 Å². The van der Waals surface area contributed by atoms with Crippen LogP contribution in [-0.2, 0) is 0 Å². The number of benzene rings is 1. The Balaban J connectivity index is 2.13. The van der Waals surface area contributed by atoms with Gasteiger partial charge in [-0.25, -0.2) is 4.79 Å². The van der Waals surface area contributed by atoms with Crippen molar-refractivity contribution in [2.24, 2.45) is 10.9 Å².